The predicted molar refractivity (Wildman–Crippen MR) is 151 cm³/mol. The van der Waals surface area contributed by atoms with Gasteiger partial charge in [0.2, 0.25) is 5.91 Å². The van der Waals surface area contributed by atoms with E-state index in [0.29, 0.717) is 16.5 Å². The highest BCUT2D eigenvalue weighted by Crippen LogP contribution is 2.33. The van der Waals surface area contributed by atoms with Gasteiger partial charge in [0.25, 0.3) is 5.69 Å². The second kappa shape index (κ2) is 11.3. The summed E-state index contributed by atoms with van der Waals surface area (Å²) in [5.41, 5.74) is 4.43. The number of anilines is 1. The van der Waals surface area contributed by atoms with Gasteiger partial charge in [0.1, 0.15) is 5.82 Å². The molecular formula is C29H30ClN5O3. The number of likely N-dealkylation sites (tertiary alicyclic amines) is 1. The van der Waals surface area contributed by atoms with Crippen LogP contribution >= 0.6 is 11.6 Å². The lowest BCUT2D eigenvalue weighted by molar-refractivity contribution is -0.384. The van der Waals surface area contributed by atoms with E-state index in [0.717, 1.165) is 68.0 Å². The number of piperidine rings is 1. The zero-order valence-electron chi connectivity index (χ0n) is 21.3. The van der Waals surface area contributed by atoms with Gasteiger partial charge < -0.3 is 14.8 Å². The standard InChI is InChI=1S/C29H30ClN5O3/c1-20(36)31-23-7-4-6-22(18-23)21-12-16-33(17-13-21)14-5-15-34-28-11-10-24(35(37)38)19-27(28)32-29(34)25-8-2-3-9-26(25)30/h2-4,6-11,18-19,21H,5,12-17H2,1H3,(H,31,36). The Morgan fingerprint density at radius 3 is 2.61 bits per heavy atom. The van der Waals surface area contributed by atoms with Gasteiger partial charge in [0, 0.05) is 36.9 Å². The number of nitrogens with one attached hydrogen (secondary N) is 1. The molecule has 1 amide bonds. The summed E-state index contributed by atoms with van der Waals surface area (Å²) >= 11 is 6.50. The smallest absolute Gasteiger partial charge is 0.271 e. The molecule has 0 saturated carbocycles. The molecule has 1 aromatic heterocycles. The van der Waals surface area contributed by atoms with Crippen LogP contribution < -0.4 is 5.32 Å². The number of nitrogens with zero attached hydrogens (tertiary/aromatic N) is 4. The second-order valence-corrected chi connectivity index (χ2v) is 10.2. The van der Waals surface area contributed by atoms with E-state index in [9.17, 15) is 14.9 Å². The maximum atomic E-state index is 11.4. The first-order valence-corrected chi connectivity index (χ1v) is 13.3. The van der Waals surface area contributed by atoms with E-state index >= 15 is 0 Å². The molecule has 0 aliphatic carbocycles. The Bertz CT molecular complexity index is 1480. The molecule has 9 heteroatoms. The summed E-state index contributed by atoms with van der Waals surface area (Å²) in [4.78, 5) is 29.6. The monoisotopic (exact) mass is 531 g/mol. The van der Waals surface area contributed by atoms with Crippen LogP contribution in [0.4, 0.5) is 11.4 Å². The fraction of sp³-hybridized carbons (Fsp3) is 0.310. The van der Waals surface area contributed by atoms with Crippen LogP contribution in [-0.4, -0.2) is 44.9 Å². The van der Waals surface area contributed by atoms with Crippen molar-refractivity contribution < 1.29 is 9.72 Å². The molecule has 1 aliphatic rings. The molecule has 5 rings (SSSR count). The van der Waals surface area contributed by atoms with E-state index in [1.54, 1.807) is 6.07 Å². The van der Waals surface area contributed by atoms with Crippen LogP contribution in [0.5, 0.6) is 0 Å². The van der Waals surface area contributed by atoms with Crippen molar-refractivity contribution in [2.24, 2.45) is 0 Å². The summed E-state index contributed by atoms with van der Waals surface area (Å²) in [7, 11) is 0. The predicted octanol–water partition coefficient (Wildman–Crippen LogP) is 6.49. The minimum Gasteiger partial charge on any atom is -0.326 e. The molecule has 0 bridgehead atoms. The quantitative estimate of drug-likeness (QED) is 0.207. The summed E-state index contributed by atoms with van der Waals surface area (Å²) in [6.45, 7) is 5.24. The van der Waals surface area contributed by atoms with E-state index < -0.39 is 4.92 Å². The number of hydrogen-bond donors (Lipinski definition) is 1. The molecule has 3 aromatic carbocycles. The molecule has 0 radical (unpaired) electrons. The van der Waals surface area contributed by atoms with Crippen LogP contribution in [-0.2, 0) is 11.3 Å². The number of imidazole rings is 1. The third-order valence-electron chi connectivity index (χ3n) is 7.18. The lowest BCUT2D eigenvalue weighted by Crippen LogP contribution is -2.34. The fourth-order valence-electron chi connectivity index (χ4n) is 5.32. The van der Waals surface area contributed by atoms with Crippen LogP contribution in [0.3, 0.4) is 0 Å². The first-order valence-electron chi connectivity index (χ1n) is 12.9. The van der Waals surface area contributed by atoms with Crippen molar-refractivity contribution in [3.63, 3.8) is 0 Å². The number of carbonyl (C=O) groups is 1. The molecular weight excluding hydrogens is 502 g/mol. The molecule has 1 aliphatic heterocycles. The molecule has 4 aromatic rings. The normalized spacial score (nSPS) is 14.6. The zero-order valence-corrected chi connectivity index (χ0v) is 22.0. The average Bonchev–Trinajstić information content (AvgIpc) is 3.26. The van der Waals surface area contributed by atoms with E-state index in [4.69, 9.17) is 16.6 Å². The highest BCUT2D eigenvalue weighted by molar-refractivity contribution is 6.33. The van der Waals surface area contributed by atoms with Crippen molar-refractivity contribution in [3.8, 4) is 11.4 Å². The highest BCUT2D eigenvalue weighted by Gasteiger charge is 2.22. The van der Waals surface area contributed by atoms with Gasteiger partial charge in [-0.15, -0.1) is 0 Å². The molecule has 2 heterocycles. The van der Waals surface area contributed by atoms with Crippen LogP contribution in [0, 0.1) is 10.1 Å². The van der Waals surface area contributed by atoms with Crippen molar-refractivity contribution in [3.05, 3.63) is 87.4 Å². The zero-order chi connectivity index (χ0) is 26.6. The van der Waals surface area contributed by atoms with Crippen molar-refractivity contribution in [1.29, 1.82) is 0 Å². The van der Waals surface area contributed by atoms with Gasteiger partial charge in [-0.25, -0.2) is 4.98 Å². The Kier molecular flexibility index (Phi) is 7.72. The van der Waals surface area contributed by atoms with Crippen molar-refractivity contribution in [2.45, 2.75) is 38.6 Å². The van der Waals surface area contributed by atoms with Gasteiger partial charge in [0.15, 0.2) is 0 Å². The second-order valence-electron chi connectivity index (χ2n) is 9.77. The summed E-state index contributed by atoms with van der Waals surface area (Å²) in [5.74, 6) is 1.16. The van der Waals surface area contributed by atoms with Crippen molar-refractivity contribution >= 4 is 39.9 Å². The van der Waals surface area contributed by atoms with Gasteiger partial charge in [-0.2, -0.15) is 0 Å². The first kappa shape index (κ1) is 25.9. The molecule has 1 saturated heterocycles. The maximum absolute atomic E-state index is 11.4. The number of nitro groups is 1. The van der Waals surface area contributed by atoms with Crippen LogP contribution in [0.2, 0.25) is 5.02 Å². The molecule has 196 valence electrons. The number of carbonyl (C=O) groups excluding carboxylic acids is 1. The van der Waals surface area contributed by atoms with E-state index in [1.807, 2.05) is 36.4 Å². The number of benzene rings is 3. The van der Waals surface area contributed by atoms with E-state index in [2.05, 4.69) is 26.9 Å². The van der Waals surface area contributed by atoms with Gasteiger partial charge in [-0.1, -0.05) is 35.9 Å². The number of amides is 1. The first-order chi connectivity index (χ1) is 18.4. The van der Waals surface area contributed by atoms with Gasteiger partial charge in [0.05, 0.1) is 21.0 Å². The third-order valence-corrected chi connectivity index (χ3v) is 7.51. The largest absolute Gasteiger partial charge is 0.326 e. The fourth-order valence-corrected chi connectivity index (χ4v) is 5.54. The molecule has 8 nitrogen and oxygen atoms in total. The van der Waals surface area contributed by atoms with Crippen LogP contribution in [0.25, 0.3) is 22.4 Å². The lowest BCUT2D eigenvalue weighted by Gasteiger charge is -2.32. The number of halogens is 1. The number of rotatable bonds is 8. The molecule has 1 fully saturated rings. The molecule has 0 atom stereocenters. The Morgan fingerprint density at radius 2 is 1.87 bits per heavy atom. The Hall–Kier alpha value is -3.75. The van der Waals surface area contributed by atoms with E-state index in [-0.39, 0.29) is 11.6 Å². The lowest BCUT2D eigenvalue weighted by atomic mass is 9.89. The topological polar surface area (TPSA) is 93.3 Å². The van der Waals surface area contributed by atoms with Gasteiger partial charge in [-0.05, 0) is 80.7 Å². The number of fused-ring (bicyclic) bond motifs is 1. The minimum atomic E-state index is -0.395. The Morgan fingerprint density at radius 1 is 1.08 bits per heavy atom. The van der Waals surface area contributed by atoms with Gasteiger partial charge >= 0.3 is 0 Å². The summed E-state index contributed by atoms with van der Waals surface area (Å²) in [5, 5.41) is 14.8. The highest BCUT2D eigenvalue weighted by atomic mass is 35.5. The molecule has 0 unspecified atom stereocenters. The van der Waals surface area contributed by atoms with E-state index in [1.165, 1.54) is 24.6 Å². The SMILES string of the molecule is CC(=O)Nc1cccc(C2CCN(CCCn3c(-c4ccccc4Cl)nc4cc([N+](=O)[O-])ccc43)CC2)c1. The number of hydrogen-bond acceptors (Lipinski definition) is 5. The summed E-state index contributed by atoms with van der Waals surface area (Å²) in [6.07, 6.45) is 3.07. The minimum absolute atomic E-state index is 0.0262. The number of aromatic nitrogens is 2. The summed E-state index contributed by atoms with van der Waals surface area (Å²) in [6, 6.07) is 20.6. The molecule has 1 N–H and O–H groups in total. The Labute approximate surface area is 226 Å². The van der Waals surface area contributed by atoms with Crippen LogP contribution in [0.1, 0.15) is 37.7 Å². The third kappa shape index (κ3) is 5.71. The van der Waals surface area contributed by atoms with Crippen LogP contribution in [0.15, 0.2) is 66.7 Å². The Balaban J connectivity index is 1.26. The van der Waals surface area contributed by atoms with Crippen molar-refractivity contribution in [2.75, 3.05) is 25.0 Å². The maximum Gasteiger partial charge on any atom is 0.271 e. The number of aryl methyl sites for hydroxylation is 1. The van der Waals surface area contributed by atoms with Gasteiger partial charge in [-0.3, -0.25) is 14.9 Å². The number of non-ortho nitro benzene ring substituents is 1. The average molecular weight is 532 g/mol. The summed E-state index contributed by atoms with van der Waals surface area (Å²) < 4.78 is 2.13. The molecule has 38 heavy (non-hydrogen) atoms. The van der Waals surface area contributed by atoms with Crippen molar-refractivity contribution in [1.82, 2.24) is 14.5 Å². The molecule has 0 spiro atoms. The number of nitro benzene ring substituents is 1.